The summed E-state index contributed by atoms with van der Waals surface area (Å²) in [5.74, 6) is 1.90. The molecular weight excluding hydrogens is 364 g/mol. The van der Waals surface area contributed by atoms with E-state index in [1.165, 1.54) is 16.7 Å². The molecule has 1 heterocycles. The van der Waals surface area contributed by atoms with Crippen LogP contribution in [0.1, 0.15) is 30.0 Å². The van der Waals surface area contributed by atoms with Gasteiger partial charge in [-0.2, -0.15) is 0 Å². The van der Waals surface area contributed by atoms with Crippen molar-refractivity contribution in [1.82, 2.24) is 9.80 Å². The number of piperazine rings is 1. The van der Waals surface area contributed by atoms with Gasteiger partial charge >= 0.3 is 0 Å². The van der Waals surface area contributed by atoms with E-state index in [2.05, 4.69) is 47.1 Å². The van der Waals surface area contributed by atoms with Gasteiger partial charge < -0.3 is 14.6 Å². The van der Waals surface area contributed by atoms with Crippen molar-refractivity contribution in [3.63, 3.8) is 0 Å². The molecule has 1 aliphatic rings. The first-order valence-electron chi connectivity index (χ1n) is 10.6. The molecule has 2 aromatic rings. The first-order chi connectivity index (χ1) is 14.1. The fourth-order valence-corrected chi connectivity index (χ4v) is 4.18. The molecule has 0 bridgehead atoms. The first kappa shape index (κ1) is 21.6. The number of aliphatic hydroxyl groups excluding tert-OH is 1. The summed E-state index contributed by atoms with van der Waals surface area (Å²) < 4.78 is 11.2. The lowest BCUT2D eigenvalue weighted by molar-refractivity contribution is 0.0494. The largest absolute Gasteiger partial charge is 0.496 e. The van der Waals surface area contributed by atoms with Gasteiger partial charge in [0.1, 0.15) is 11.5 Å². The Kier molecular flexibility index (Phi) is 7.92. The summed E-state index contributed by atoms with van der Waals surface area (Å²) in [4.78, 5) is 4.98. The Morgan fingerprint density at radius 3 is 2.62 bits per heavy atom. The minimum atomic E-state index is 0.212. The van der Waals surface area contributed by atoms with E-state index in [0.717, 1.165) is 50.6 Å². The normalized spacial score (nSPS) is 18.0. The third-order valence-electron chi connectivity index (χ3n) is 5.66. The molecule has 0 aromatic heterocycles. The summed E-state index contributed by atoms with van der Waals surface area (Å²) in [6.45, 7) is 9.74. The second-order valence-electron chi connectivity index (χ2n) is 7.72. The van der Waals surface area contributed by atoms with Crippen LogP contribution < -0.4 is 9.47 Å². The molecule has 0 aliphatic carbocycles. The van der Waals surface area contributed by atoms with E-state index in [1.807, 2.05) is 19.1 Å². The molecular formula is C24H34N2O3. The van der Waals surface area contributed by atoms with Crippen LogP contribution in [0.15, 0.2) is 42.5 Å². The molecule has 2 aromatic carbocycles. The van der Waals surface area contributed by atoms with Crippen LogP contribution >= 0.6 is 0 Å². The second kappa shape index (κ2) is 10.6. The Labute approximate surface area is 174 Å². The van der Waals surface area contributed by atoms with Crippen molar-refractivity contribution in [3.05, 3.63) is 59.2 Å². The number of benzene rings is 2. The minimum absolute atomic E-state index is 0.212. The van der Waals surface area contributed by atoms with E-state index >= 15 is 0 Å². The van der Waals surface area contributed by atoms with E-state index < -0.39 is 0 Å². The quantitative estimate of drug-likeness (QED) is 0.701. The summed E-state index contributed by atoms with van der Waals surface area (Å²) in [6, 6.07) is 15.0. The molecule has 158 valence electrons. The summed E-state index contributed by atoms with van der Waals surface area (Å²) >= 11 is 0. The molecule has 0 saturated carbocycles. The topological polar surface area (TPSA) is 45.2 Å². The van der Waals surface area contributed by atoms with Crippen LogP contribution in [-0.4, -0.2) is 60.9 Å². The van der Waals surface area contributed by atoms with Gasteiger partial charge in [-0.05, 0) is 43.5 Å². The van der Waals surface area contributed by atoms with Crippen LogP contribution in [0.5, 0.6) is 11.5 Å². The number of nitrogens with zero attached hydrogens (tertiary/aromatic N) is 2. The van der Waals surface area contributed by atoms with Gasteiger partial charge in [-0.1, -0.05) is 30.3 Å². The molecule has 1 saturated heterocycles. The van der Waals surface area contributed by atoms with Crippen LogP contribution in [0.25, 0.3) is 0 Å². The molecule has 1 aliphatic heterocycles. The van der Waals surface area contributed by atoms with Crippen molar-refractivity contribution in [2.45, 2.75) is 39.4 Å². The molecule has 3 rings (SSSR count). The highest BCUT2D eigenvalue weighted by Crippen LogP contribution is 2.25. The molecule has 1 N–H and O–H groups in total. The predicted molar refractivity (Wildman–Crippen MR) is 117 cm³/mol. The fourth-order valence-electron chi connectivity index (χ4n) is 4.18. The lowest BCUT2D eigenvalue weighted by Crippen LogP contribution is -2.52. The van der Waals surface area contributed by atoms with Gasteiger partial charge in [0.25, 0.3) is 0 Å². The lowest BCUT2D eigenvalue weighted by atomic mass is 10.0. The number of hydrogen-bond acceptors (Lipinski definition) is 5. The molecule has 29 heavy (non-hydrogen) atoms. The fraction of sp³-hybridized carbons (Fsp3) is 0.500. The number of ether oxygens (including phenoxy) is 2. The summed E-state index contributed by atoms with van der Waals surface area (Å²) in [7, 11) is 1.71. The maximum Gasteiger partial charge on any atom is 0.123 e. The van der Waals surface area contributed by atoms with Crippen molar-refractivity contribution in [2.24, 2.45) is 0 Å². The van der Waals surface area contributed by atoms with Crippen LogP contribution in [-0.2, 0) is 13.1 Å². The average Bonchev–Trinajstić information content (AvgIpc) is 2.72. The number of rotatable bonds is 9. The Balaban J connectivity index is 1.66. The lowest BCUT2D eigenvalue weighted by Gasteiger charge is -2.41. The Hall–Kier alpha value is -2.08. The minimum Gasteiger partial charge on any atom is -0.496 e. The molecule has 0 radical (unpaired) electrons. The first-order valence-corrected chi connectivity index (χ1v) is 10.6. The van der Waals surface area contributed by atoms with E-state index in [1.54, 1.807) is 7.11 Å². The standard InChI is InChI=1S/C24H34N2O3/c1-4-29-24-8-6-5-7-21(24)17-26-13-12-25(18-22(26)11-14-27)16-20-9-10-23(28-3)19(2)15-20/h5-10,15,22,27H,4,11-14,16-18H2,1-3H3/t22-/m1/s1. The van der Waals surface area contributed by atoms with E-state index in [0.29, 0.717) is 12.6 Å². The third kappa shape index (κ3) is 5.72. The van der Waals surface area contributed by atoms with Gasteiger partial charge in [-0.3, -0.25) is 9.80 Å². The Morgan fingerprint density at radius 2 is 1.90 bits per heavy atom. The highest BCUT2D eigenvalue weighted by Gasteiger charge is 2.27. The van der Waals surface area contributed by atoms with Crippen molar-refractivity contribution in [2.75, 3.05) is 40.0 Å². The number of hydrogen-bond donors (Lipinski definition) is 1. The summed E-state index contributed by atoms with van der Waals surface area (Å²) in [5.41, 5.74) is 3.70. The molecule has 1 fully saturated rings. The predicted octanol–water partition coefficient (Wildman–Crippen LogP) is 3.47. The van der Waals surface area contributed by atoms with Gasteiger partial charge in [0, 0.05) is 50.9 Å². The molecule has 0 amide bonds. The average molecular weight is 399 g/mol. The van der Waals surface area contributed by atoms with Crippen LogP contribution in [0.4, 0.5) is 0 Å². The van der Waals surface area contributed by atoms with Crippen molar-refractivity contribution in [1.29, 1.82) is 0 Å². The van der Waals surface area contributed by atoms with Gasteiger partial charge in [-0.15, -0.1) is 0 Å². The van der Waals surface area contributed by atoms with Gasteiger partial charge in [-0.25, -0.2) is 0 Å². The molecule has 5 heteroatoms. The van der Waals surface area contributed by atoms with E-state index in [9.17, 15) is 5.11 Å². The molecule has 1 atom stereocenters. The maximum absolute atomic E-state index is 9.63. The third-order valence-corrected chi connectivity index (χ3v) is 5.66. The van der Waals surface area contributed by atoms with Crippen LogP contribution in [0.3, 0.4) is 0 Å². The SMILES string of the molecule is CCOc1ccccc1CN1CCN(Cc2ccc(OC)c(C)c2)C[C@H]1CCO. The second-order valence-corrected chi connectivity index (χ2v) is 7.72. The number of aliphatic hydroxyl groups is 1. The van der Waals surface area contributed by atoms with Crippen LogP contribution in [0.2, 0.25) is 0 Å². The zero-order valence-corrected chi connectivity index (χ0v) is 17.9. The maximum atomic E-state index is 9.63. The molecule has 0 unspecified atom stereocenters. The Bertz CT molecular complexity index is 780. The van der Waals surface area contributed by atoms with Crippen molar-refractivity contribution < 1.29 is 14.6 Å². The molecule has 0 spiro atoms. The smallest absolute Gasteiger partial charge is 0.123 e. The van der Waals surface area contributed by atoms with Crippen LogP contribution in [0, 0.1) is 6.92 Å². The number of para-hydroxylation sites is 1. The zero-order chi connectivity index (χ0) is 20.6. The number of methoxy groups -OCH3 is 1. The van der Waals surface area contributed by atoms with Gasteiger partial charge in [0.2, 0.25) is 0 Å². The van der Waals surface area contributed by atoms with E-state index in [-0.39, 0.29) is 6.61 Å². The highest BCUT2D eigenvalue weighted by molar-refractivity contribution is 5.36. The monoisotopic (exact) mass is 398 g/mol. The number of aryl methyl sites for hydroxylation is 1. The van der Waals surface area contributed by atoms with Gasteiger partial charge in [0.05, 0.1) is 13.7 Å². The molecule has 5 nitrogen and oxygen atoms in total. The Morgan fingerprint density at radius 1 is 1.07 bits per heavy atom. The van der Waals surface area contributed by atoms with E-state index in [4.69, 9.17) is 9.47 Å². The highest BCUT2D eigenvalue weighted by atomic mass is 16.5. The summed E-state index contributed by atoms with van der Waals surface area (Å²) in [6.07, 6.45) is 0.787. The van der Waals surface area contributed by atoms with Gasteiger partial charge in [0.15, 0.2) is 0 Å². The summed E-state index contributed by atoms with van der Waals surface area (Å²) in [5, 5.41) is 9.63. The zero-order valence-electron chi connectivity index (χ0n) is 17.9. The van der Waals surface area contributed by atoms with Crippen molar-refractivity contribution >= 4 is 0 Å². The van der Waals surface area contributed by atoms with Crippen molar-refractivity contribution in [3.8, 4) is 11.5 Å².